The average molecular weight is 314 g/mol. The Labute approximate surface area is 117 Å². The molecule has 1 aromatic heterocycles. The van der Waals surface area contributed by atoms with Crippen molar-refractivity contribution in [3.63, 3.8) is 0 Å². The molecule has 0 amide bonds. The molecule has 1 aliphatic rings. The third-order valence-electron chi connectivity index (χ3n) is 3.47. The SMILES string of the molecule is CCOC1(c2ncc(Br)c(NC)n2)CCCCC1. The molecule has 18 heavy (non-hydrogen) atoms. The molecule has 1 aromatic rings. The Kier molecular flexibility index (Phi) is 4.56. The maximum Gasteiger partial charge on any atom is 0.162 e. The van der Waals surface area contributed by atoms with E-state index in [4.69, 9.17) is 4.74 Å². The molecule has 0 atom stereocenters. The van der Waals surface area contributed by atoms with Gasteiger partial charge in [0.2, 0.25) is 0 Å². The van der Waals surface area contributed by atoms with Crippen molar-refractivity contribution in [2.24, 2.45) is 0 Å². The molecule has 1 fully saturated rings. The Morgan fingerprint density at radius 2 is 2.11 bits per heavy atom. The molecule has 0 radical (unpaired) electrons. The molecule has 0 spiro atoms. The van der Waals surface area contributed by atoms with Crippen molar-refractivity contribution < 1.29 is 4.74 Å². The van der Waals surface area contributed by atoms with Crippen molar-refractivity contribution in [2.45, 2.75) is 44.6 Å². The highest BCUT2D eigenvalue weighted by molar-refractivity contribution is 9.10. The summed E-state index contributed by atoms with van der Waals surface area (Å²) in [5.41, 5.74) is -0.278. The molecule has 0 aromatic carbocycles. The fraction of sp³-hybridized carbons (Fsp3) is 0.692. The highest BCUT2D eigenvalue weighted by Gasteiger charge is 2.37. The number of ether oxygens (including phenoxy) is 1. The van der Waals surface area contributed by atoms with Crippen LogP contribution in [0.1, 0.15) is 44.9 Å². The minimum absolute atomic E-state index is 0.278. The summed E-state index contributed by atoms with van der Waals surface area (Å²) in [4.78, 5) is 9.09. The van der Waals surface area contributed by atoms with Gasteiger partial charge in [-0.15, -0.1) is 0 Å². The minimum Gasteiger partial charge on any atom is -0.372 e. The number of halogens is 1. The third kappa shape index (κ3) is 2.67. The molecule has 0 saturated heterocycles. The number of anilines is 1. The number of hydrogen-bond donors (Lipinski definition) is 1. The molecule has 4 nitrogen and oxygen atoms in total. The summed E-state index contributed by atoms with van der Waals surface area (Å²) in [5, 5.41) is 3.08. The molecule has 1 saturated carbocycles. The largest absolute Gasteiger partial charge is 0.372 e. The van der Waals surface area contributed by atoms with Gasteiger partial charge in [-0.25, -0.2) is 9.97 Å². The van der Waals surface area contributed by atoms with E-state index in [2.05, 4.69) is 31.2 Å². The second-order valence-corrected chi connectivity index (χ2v) is 5.48. The summed E-state index contributed by atoms with van der Waals surface area (Å²) in [7, 11) is 1.87. The van der Waals surface area contributed by atoms with Crippen molar-refractivity contribution in [3.8, 4) is 0 Å². The second kappa shape index (κ2) is 5.97. The van der Waals surface area contributed by atoms with Crippen LogP contribution in [0.25, 0.3) is 0 Å². The van der Waals surface area contributed by atoms with Crippen molar-refractivity contribution >= 4 is 21.7 Å². The summed E-state index contributed by atoms with van der Waals surface area (Å²) in [6, 6.07) is 0. The summed E-state index contributed by atoms with van der Waals surface area (Å²) < 4.78 is 6.91. The highest BCUT2D eigenvalue weighted by Crippen LogP contribution is 2.39. The van der Waals surface area contributed by atoms with Gasteiger partial charge in [0.25, 0.3) is 0 Å². The van der Waals surface area contributed by atoms with Crippen LogP contribution in [-0.2, 0) is 10.3 Å². The van der Waals surface area contributed by atoms with Gasteiger partial charge in [0.1, 0.15) is 11.4 Å². The Balaban J connectivity index is 2.35. The molecular formula is C13H20BrN3O. The molecule has 0 aliphatic heterocycles. The van der Waals surface area contributed by atoms with E-state index in [1.54, 1.807) is 0 Å². The molecule has 1 N–H and O–H groups in total. The molecule has 1 heterocycles. The van der Waals surface area contributed by atoms with Crippen LogP contribution in [0.5, 0.6) is 0 Å². The lowest BCUT2D eigenvalue weighted by Gasteiger charge is -2.35. The van der Waals surface area contributed by atoms with Crippen LogP contribution < -0.4 is 5.32 Å². The van der Waals surface area contributed by atoms with E-state index in [0.29, 0.717) is 6.61 Å². The van der Waals surface area contributed by atoms with E-state index >= 15 is 0 Å². The van der Waals surface area contributed by atoms with Crippen LogP contribution in [-0.4, -0.2) is 23.6 Å². The average Bonchev–Trinajstić information content (AvgIpc) is 2.40. The first-order chi connectivity index (χ1) is 8.72. The molecular weight excluding hydrogens is 294 g/mol. The Bertz CT molecular complexity index is 400. The van der Waals surface area contributed by atoms with E-state index in [1.165, 1.54) is 19.3 Å². The standard InChI is InChI=1S/C13H20BrN3O/c1-3-18-13(7-5-4-6-8-13)12-16-9-10(14)11(15-2)17-12/h9H,3-8H2,1-2H3,(H,15,16,17). The first-order valence-electron chi connectivity index (χ1n) is 6.56. The summed E-state index contributed by atoms with van der Waals surface area (Å²) in [6.45, 7) is 2.74. The van der Waals surface area contributed by atoms with Crippen LogP contribution in [0.15, 0.2) is 10.7 Å². The van der Waals surface area contributed by atoms with Crippen molar-refractivity contribution in [3.05, 3.63) is 16.5 Å². The Morgan fingerprint density at radius 3 is 2.72 bits per heavy atom. The molecule has 5 heteroatoms. The topological polar surface area (TPSA) is 47.0 Å². The highest BCUT2D eigenvalue weighted by atomic mass is 79.9. The van der Waals surface area contributed by atoms with Gasteiger partial charge in [0.15, 0.2) is 5.82 Å². The monoisotopic (exact) mass is 313 g/mol. The van der Waals surface area contributed by atoms with Gasteiger partial charge in [-0.05, 0) is 35.7 Å². The van der Waals surface area contributed by atoms with Gasteiger partial charge < -0.3 is 10.1 Å². The lowest BCUT2D eigenvalue weighted by Crippen LogP contribution is -2.34. The number of nitrogens with one attached hydrogen (secondary N) is 1. The fourth-order valence-corrected chi connectivity index (χ4v) is 2.98. The van der Waals surface area contributed by atoms with Gasteiger partial charge in [-0.2, -0.15) is 0 Å². The van der Waals surface area contributed by atoms with Crippen LogP contribution >= 0.6 is 15.9 Å². The Morgan fingerprint density at radius 1 is 1.39 bits per heavy atom. The van der Waals surface area contributed by atoms with E-state index < -0.39 is 0 Å². The summed E-state index contributed by atoms with van der Waals surface area (Å²) in [6.07, 6.45) is 7.51. The maximum atomic E-state index is 6.03. The smallest absolute Gasteiger partial charge is 0.162 e. The number of hydrogen-bond acceptors (Lipinski definition) is 4. The lowest BCUT2D eigenvalue weighted by atomic mass is 9.84. The number of aromatic nitrogens is 2. The quantitative estimate of drug-likeness (QED) is 0.924. The van der Waals surface area contributed by atoms with Gasteiger partial charge in [0.05, 0.1) is 4.47 Å². The first-order valence-corrected chi connectivity index (χ1v) is 7.36. The van der Waals surface area contributed by atoms with Crippen LogP contribution in [0.4, 0.5) is 5.82 Å². The van der Waals surface area contributed by atoms with E-state index in [-0.39, 0.29) is 5.60 Å². The van der Waals surface area contributed by atoms with E-state index in [9.17, 15) is 0 Å². The molecule has 100 valence electrons. The van der Waals surface area contributed by atoms with Gasteiger partial charge in [0, 0.05) is 19.9 Å². The van der Waals surface area contributed by atoms with Crippen LogP contribution in [0.2, 0.25) is 0 Å². The zero-order chi connectivity index (χ0) is 13.0. The minimum atomic E-state index is -0.278. The van der Waals surface area contributed by atoms with Crippen molar-refractivity contribution in [1.29, 1.82) is 0 Å². The molecule has 2 rings (SSSR count). The van der Waals surface area contributed by atoms with E-state index in [1.807, 2.05) is 20.2 Å². The lowest BCUT2D eigenvalue weighted by molar-refractivity contribution is -0.0766. The summed E-state index contributed by atoms with van der Waals surface area (Å²) in [5.74, 6) is 1.64. The van der Waals surface area contributed by atoms with Crippen molar-refractivity contribution in [1.82, 2.24) is 9.97 Å². The second-order valence-electron chi connectivity index (χ2n) is 4.63. The predicted molar refractivity (Wildman–Crippen MR) is 75.7 cm³/mol. The number of nitrogens with zero attached hydrogens (tertiary/aromatic N) is 2. The van der Waals surface area contributed by atoms with Gasteiger partial charge in [-0.3, -0.25) is 0 Å². The fourth-order valence-electron chi connectivity index (χ4n) is 2.59. The predicted octanol–water partition coefficient (Wildman–Crippen LogP) is 3.48. The zero-order valence-electron chi connectivity index (χ0n) is 11.0. The zero-order valence-corrected chi connectivity index (χ0v) is 12.6. The maximum absolute atomic E-state index is 6.03. The molecule has 0 unspecified atom stereocenters. The van der Waals surface area contributed by atoms with Gasteiger partial charge in [-0.1, -0.05) is 19.3 Å². The normalized spacial score (nSPS) is 18.6. The Hall–Kier alpha value is -0.680. The first kappa shape index (κ1) is 13.7. The number of rotatable bonds is 4. The summed E-state index contributed by atoms with van der Waals surface area (Å²) >= 11 is 3.44. The van der Waals surface area contributed by atoms with Crippen LogP contribution in [0.3, 0.4) is 0 Å². The van der Waals surface area contributed by atoms with E-state index in [0.717, 1.165) is 29.0 Å². The van der Waals surface area contributed by atoms with Crippen molar-refractivity contribution in [2.75, 3.05) is 19.0 Å². The van der Waals surface area contributed by atoms with Gasteiger partial charge >= 0.3 is 0 Å². The molecule has 0 bridgehead atoms. The third-order valence-corrected chi connectivity index (χ3v) is 4.05. The van der Waals surface area contributed by atoms with Crippen LogP contribution in [0, 0.1) is 0 Å². The molecule has 1 aliphatic carbocycles.